The third-order valence-electron chi connectivity index (χ3n) is 2.37. The second-order valence-electron chi connectivity index (χ2n) is 3.53. The summed E-state index contributed by atoms with van der Waals surface area (Å²) in [5, 5.41) is 12.7. The number of nitrogens with zero attached hydrogens (tertiary/aromatic N) is 3. The molecule has 0 bridgehead atoms. The molecule has 0 unspecified atom stereocenters. The highest BCUT2D eigenvalue weighted by molar-refractivity contribution is 5.23. The van der Waals surface area contributed by atoms with Gasteiger partial charge in [0.15, 0.2) is 5.69 Å². The maximum absolute atomic E-state index is 13.4. The summed E-state index contributed by atoms with van der Waals surface area (Å²) in [7, 11) is 0. The quantitative estimate of drug-likeness (QED) is 0.771. The third-order valence-corrected chi connectivity index (χ3v) is 2.37. The fraction of sp³-hybridized carbons (Fsp3) is 0.167. The van der Waals surface area contributed by atoms with E-state index >= 15 is 0 Å². The van der Waals surface area contributed by atoms with Crippen LogP contribution in [-0.4, -0.2) is 9.78 Å². The molecule has 0 N–H and O–H groups in total. The summed E-state index contributed by atoms with van der Waals surface area (Å²) in [6.07, 6.45) is 0. The van der Waals surface area contributed by atoms with E-state index in [0.717, 1.165) is 5.69 Å². The first-order chi connectivity index (χ1) is 7.70. The van der Waals surface area contributed by atoms with Gasteiger partial charge in [0.1, 0.15) is 11.9 Å². The zero-order chi connectivity index (χ0) is 11.5. The van der Waals surface area contributed by atoms with E-state index in [1.165, 1.54) is 6.07 Å². The fourth-order valence-corrected chi connectivity index (χ4v) is 1.51. The Bertz CT molecular complexity index is 552. The molecule has 0 aliphatic rings. The molecule has 16 heavy (non-hydrogen) atoms. The van der Waals surface area contributed by atoms with Crippen molar-refractivity contribution in [1.82, 2.24) is 9.78 Å². The lowest BCUT2D eigenvalue weighted by molar-refractivity contribution is 0.579. The highest BCUT2D eigenvalue weighted by Gasteiger charge is 2.06. The molecule has 0 atom stereocenters. The van der Waals surface area contributed by atoms with Crippen molar-refractivity contribution in [3.05, 3.63) is 53.1 Å². The molecule has 1 aromatic heterocycles. The predicted octanol–water partition coefficient (Wildman–Crippen LogP) is 2.25. The molecule has 0 saturated carbocycles. The maximum Gasteiger partial charge on any atom is 0.162 e. The van der Waals surface area contributed by atoms with Crippen LogP contribution in [0.25, 0.3) is 0 Å². The van der Waals surface area contributed by atoms with Crippen LogP contribution in [0.4, 0.5) is 4.39 Å². The number of nitriles is 1. The molecule has 1 aromatic carbocycles. The highest BCUT2D eigenvalue weighted by atomic mass is 19.1. The van der Waals surface area contributed by atoms with Gasteiger partial charge in [-0.05, 0) is 19.1 Å². The minimum absolute atomic E-state index is 0.254. The van der Waals surface area contributed by atoms with Crippen LogP contribution in [-0.2, 0) is 6.54 Å². The second-order valence-corrected chi connectivity index (χ2v) is 3.53. The lowest BCUT2D eigenvalue weighted by Crippen LogP contribution is -2.05. The lowest BCUT2D eigenvalue weighted by Gasteiger charge is -2.05. The van der Waals surface area contributed by atoms with E-state index in [-0.39, 0.29) is 5.82 Å². The summed E-state index contributed by atoms with van der Waals surface area (Å²) >= 11 is 0. The minimum Gasteiger partial charge on any atom is -0.264 e. The summed E-state index contributed by atoms with van der Waals surface area (Å²) in [6, 6.07) is 10.2. The van der Waals surface area contributed by atoms with Gasteiger partial charge < -0.3 is 0 Å². The molecule has 0 amide bonds. The molecule has 0 spiro atoms. The molecule has 0 radical (unpaired) electrons. The van der Waals surface area contributed by atoms with Crippen molar-refractivity contribution in [2.75, 3.05) is 0 Å². The summed E-state index contributed by atoms with van der Waals surface area (Å²) in [5.74, 6) is -0.254. The van der Waals surface area contributed by atoms with Crippen LogP contribution in [0.2, 0.25) is 0 Å². The Morgan fingerprint density at radius 2 is 2.19 bits per heavy atom. The van der Waals surface area contributed by atoms with Crippen LogP contribution >= 0.6 is 0 Å². The van der Waals surface area contributed by atoms with Gasteiger partial charge in [-0.25, -0.2) is 4.39 Å². The average Bonchev–Trinajstić information content (AvgIpc) is 2.63. The fourth-order valence-electron chi connectivity index (χ4n) is 1.51. The lowest BCUT2D eigenvalue weighted by atomic mass is 10.2. The average molecular weight is 215 g/mol. The maximum atomic E-state index is 13.4. The van der Waals surface area contributed by atoms with E-state index in [4.69, 9.17) is 5.26 Å². The first kappa shape index (κ1) is 10.4. The summed E-state index contributed by atoms with van der Waals surface area (Å²) in [4.78, 5) is 0. The third kappa shape index (κ3) is 1.94. The monoisotopic (exact) mass is 215 g/mol. The Kier molecular flexibility index (Phi) is 2.69. The molecule has 3 nitrogen and oxygen atoms in total. The normalized spacial score (nSPS) is 10.1. The van der Waals surface area contributed by atoms with Crippen molar-refractivity contribution in [1.29, 1.82) is 5.26 Å². The van der Waals surface area contributed by atoms with Crippen molar-refractivity contribution < 1.29 is 4.39 Å². The molecular formula is C12H10FN3. The van der Waals surface area contributed by atoms with E-state index < -0.39 is 0 Å². The predicted molar refractivity (Wildman–Crippen MR) is 57.2 cm³/mol. The van der Waals surface area contributed by atoms with Crippen LogP contribution in [0.3, 0.4) is 0 Å². The van der Waals surface area contributed by atoms with Crippen molar-refractivity contribution in [2.45, 2.75) is 13.5 Å². The summed E-state index contributed by atoms with van der Waals surface area (Å²) < 4.78 is 15.0. The van der Waals surface area contributed by atoms with Gasteiger partial charge in [-0.1, -0.05) is 18.2 Å². The molecule has 0 saturated heterocycles. The van der Waals surface area contributed by atoms with Gasteiger partial charge >= 0.3 is 0 Å². The van der Waals surface area contributed by atoms with Crippen LogP contribution in [0.15, 0.2) is 30.3 Å². The Balaban J connectivity index is 2.31. The summed E-state index contributed by atoms with van der Waals surface area (Å²) in [5.41, 5.74) is 1.77. The van der Waals surface area contributed by atoms with Crippen LogP contribution in [0.1, 0.15) is 17.0 Å². The Labute approximate surface area is 92.7 Å². The van der Waals surface area contributed by atoms with E-state index in [9.17, 15) is 4.39 Å². The number of rotatable bonds is 2. The van der Waals surface area contributed by atoms with Gasteiger partial charge in [0.25, 0.3) is 0 Å². The Morgan fingerprint density at radius 3 is 2.81 bits per heavy atom. The number of halogens is 1. The first-order valence-corrected chi connectivity index (χ1v) is 4.88. The van der Waals surface area contributed by atoms with E-state index in [0.29, 0.717) is 17.8 Å². The number of benzene rings is 1. The number of hydrogen-bond acceptors (Lipinski definition) is 2. The smallest absolute Gasteiger partial charge is 0.162 e. The minimum atomic E-state index is -0.254. The van der Waals surface area contributed by atoms with Gasteiger partial charge in [-0.2, -0.15) is 10.4 Å². The molecule has 0 aliphatic heterocycles. The summed E-state index contributed by atoms with van der Waals surface area (Å²) in [6.45, 7) is 2.19. The highest BCUT2D eigenvalue weighted by Crippen LogP contribution is 2.10. The molecule has 2 aromatic rings. The van der Waals surface area contributed by atoms with E-state index in [1.807, 2.05) is 13.0 Å². The molecule has 4 heteroatoms. The Morgan fingerprint density at radius 1 is 1.44 bits per heavy atom. The van der Waals surface area contributed by atoms with Gasteiger partial charge in [0.05, 0.1) is 6.54 Å². The van der Waals surface area contributed by atoms with Crippen molar-refractivity contribution in [3.8, 4) is 6.07 Å². The van der Waals surface area contributed by atoms with Gasteiger partial charge in [0, 0.05) is 11.3 Å². The largest absolute Gasteiger partial charge is 0.264 e. The van der Waals surface area contributed by atoms with E-state index in [2.05, 4.69) is 5.10 Å². The first-order valence-electron chi connectivity index (χ1n) is 4.88. The zero-order valence-electron chi connectivity index (χ0n) is 8.81. The van der Waals surface area contributed by atoms with Crippen molar-refractivity contribution >= 4 is 0 Å². The van der Waals surface area contributed by atoms with Gasteiger partial charge in [-0.15, -0.1) is 0 Å². The Hall–Kier alpha value is -2.15. The van der Waals surface area contributed by atoms with E-state index in [1.54, 1.807) is 28.9 Å². The molecule has 2 rings (SSSR count). The zero-order valence-corrected chi connectivity index (χ0v) is 8.81. The second kappa shape index (κ2) is 4.15. The van der Waals surface area contributed by atoms with Crippen molar-refractivity contribution in [3.63, 3.8) is 0 Å². The standard InChI is InChI=1S/C12H10FN3/c1-9-6-11(7-14)15-16(9)8-10-4-2-3-5-12(10)13/h2-6H,8H2,1H3. The molecular weight excluding hydrogens is 205 g/mol. The van der Waals surface area contributed by atoms with Crippen LogP contribution in [0, 0.1) is 24.1 Å². The van der Waals surface area contributed by atoms with Crippen molar-refractivity contribution in [2.24, 2.45) is 0 Å². The van der Waals surface area contributed by atoms with Crippen LogP contribution in [0.5, 0.6) is 0 Å². The molecule has 1 heterocycles. The number of aromatic nitrogens is 2. The topological polar surface area (TPSA) is 41.6 Å². The SMILES string of the molecule is Cc1cc(C#N)nn1Cc1ccccc1F. The number of hydrogen-bond donors (Lipinski definition) is 0. The van der Waals surface area contributed by atoms with Gasteiger partial charge in [0.2, 0.25) is 0 Å². The molecule has 0 fully saturated rings. The molecule has 80 valence electrons. The van der Waals surface area contributed by atoms with Gasteiger partial charge in [-0.3, -0.25) is 4.68 Å². The van der Waals surface area contributed by atoms with Crippen LogP contribution < -0.4 is 0 Å². The molecule has 0 aliphatic carbocycles. The number of aryl methyl sites for hydroxylation is 1.